The second-order valence-electron chi connectivity index (χ2n) is 4.84. The van der Waals surface area contributed by atoms with E-state index < -0.39 is 0 Å². The fourth-order valence-corrected chi connectivity index (χ4v) is 2.74. The molecule has 0 aromatic heterocycles. The van der Waals surface area contributed by atoms with E-state index in [-0.39, 0.29) is 0 Å². The summed E-state index contributed by atoms with van der Waals surface area (Å²) in [7, 11) is 0. The molecule has 2 fully saturated rings. The Morgan fingerprint density at radius 3 is 2.64 bits per heavy atom. The third-order valence-electron chi connectivity index (χ3n) is 3.64. The molecule has 2 aliphatic rings. The van der Waals surface area contributed by atoms with E-state index in [9.17, 15) is 0 Å². The zero-order chi connectivity index (χ0) is 9.64. The molecule has 0 aromatic rings. The van der Waals surface area contributed by atoms with E-state index in [0.29, 0.717) is 0 Å². The van der Waals surface area contributed by atoms with E-state index in [4.69, 9.17) is 0 Å². The quantitative estimate of drug-likeness (QED) is 0.677. The lowest BCUT2D eigenvalue weighted by atomic mass is 10.1. The first-order chi connectivity index (χ1) is 6.95. The number of unbranched alkanes of at least 4 members (excludes halogenated alkanes) is 1. The smallest absolute Gasteiger partial charge is 0.00675 e. The number of nitrogens with one attached hydrogen (secondary N) is 1. The summed E-state index contributed by atoms with van der Waals surface area (Å²) in [5.41, 5.74) is 0. The molecule has 0 aromatic carbocycles. The summed E-state index contributed by atoms with van der Waals surface area (Å²) >= 11 is 0. The maximum atomic E-state index is 3.57. The van der Waals surface area contributed by atoms with Gasteiger partial charge in [-0.1, -0.05) is 6.42 Å². The monoisotopic (exact) mass is 196 g/mol. The van der Waals surface area contributed by atoms with Crippen molar-refractivity contribution in [2.24, 2.45) is 0 Å². The number of rotatable bonds is 5. The van der Waals surface area contributed by atoms with Crippen LogP contribution in [0.1, 0.15) is 44.9 Å². The van der Waals surface area contributed by atoms with Gasteiger partial charge in [-0.3, -0.25) is 0 Å². The van der Waals surface area contributed by atoms with Gasteiger partial charge in [0, 0.05) is 6.04 Å². The van der Waals surface area contributed by atoms with Crippen molar-refractivity contribution in [2.75, 3.05) is 26.2 Å². The molecule has 0 aliphatic carbocycles. The molecule has 2 heteroatoms. The Balaban J connectivity index is 1.46. The predicted molar refractivity (Wildman–Crippen MR) is 60.5 cm³/mol. The van der Waals surface area contributed by atoms with Crippen LogP contribution in [0, 0.1) is 0 Å². The molecule has 2 rings (SSSR count). The van der Waals surface area contributed by atoms with Crippen LogP contribution in [0.4, 0.5) is 0 Å². The van der Waals surface area contributed by atoms with E-state index in [2.05, 4.69) is 10.2 Å². The van der Waals surface area contributed by atoms with Crippen LogP contribution in [0.15, 0.2) is 0 Å². The minimum Gasteiger partial charge on any atom is -0.314 e. The Bertz CT molecular complexity index is 128. The van der Waals surface area contributed by atoms with Crippen molar-refractivity contribution in [1.29, 1.82) is 0 Å². The predicted octanol–water partition coefficient (Wildman–Crippen LogP) is 2.00. The molecule has 1 N–H and O–H groups in total. The average molecular weight is 196 g/mol. The molecule has 82 valence electrons. The number of hydrogen-bond donors (Lipinski definition) is 1. The van der Waals surface area contributed by atoms with Crippen molar-refractivity contribution < 1.29 is 0 Å². The van der Waals surface area contributed by atoms with Gasteiger partial charge < -0.3 is 10.2 Å². The normalized spacial score (nSPS) is 28.7. The van der Waals surface area contributed by atoms with Gasteiger partial charge >= 0.3 is 0 Å². The summed E-state index contributed by atoms with van der Waals surface area (Å²) in [4.78, 5) is 2.63. The van der Waals surface area contributed by atoms with Crippen LogP contribution in [-0.2, 0) is 0 Å². The van der Waals surface area contributed by atoms with E-state index in [1.54, 1.807) is 0 Å². The highest BCUT2D eigenvalue weighted by Gasteiger charge is 2.14. The van der Waals surface area contributed by atoms with Crippen molar-refractivity contribution in [2.45, 2.75) is 51.0 Å². The largest absolute Gasteiger partial charge is 0.314 e. The second-order valence-corrected chi connectivity index (χ2v) is 4.84. The van der Waals surface area contributed by atoms with Gasteiger partial charge in [-0.2, -0.15) is 0 Å². The van der Waals surface area contributed by atoms with E-state index in [0.717, 1.165) is 6.04 Å². The van der Waals surface area contributed by atoms with Crippen LogP contribution in [0.25, 0.3) is 0 Å². The van der Waals surface area contributed by atoms with Crippen LogP contribution in [0.2, 0.25) is 0 Å². The molecule has 2 aliphatic heterocycles. The summed E-state index contributed by atoms with van der Waals surface area (Å²) in [6.07, 6.45) is 9.94. The Hall–Kier alpha value is -0.0800. The second kappa shape index (κ2) is 5.72. The molecule has 0 radical (unpaired) electrons. The van der Waals surface area contributed by atoms with Crippen LogP contribution in [0.3, 0.4) is 0 Å². The number of nitrogens with zero attached hydrogens (tertiary/aromatic N) is 1. The maximum Gasteiger partial charge on any atom is 0.00675 e. The van der Waals surface area contributed by atoms with Gasteiger partial charge in [-0.25, -0.2) is 0 Å². The molecule has 0 amide bonds. The standard InChI is InChI=1S/C12H24N2/c1(6-12-7-5-8-13-12)2-9-14-10-3-4-11-14/h12-13H,1-11H2. The van der Waals surface area contributed by atoms with Crippen molar-refractivity contribution in [3.63, 3.8) is 0 Å². The van der Waals surface area contributed by atoms with Crippen molar-refractivity contribution >= 4 is 0 Å². The summed E-state index contributed by atoms with van der Waals surface area (Å²) in [6.45, 7) is 5.34. The number of likely N-dealkylation sites (tertiary alicyclic amines) is 1. The lowest BCUT2D eigenvalue weighted by Crippen LogP contribution is -2.23. The molecule has 14 heavy (non-hydrogen) atoms. The maximum absolute atomic E-state index is 3.57. The average Bonchev–Trinajstić information content (AvgIpc) is 2.86. The first kappa shape index (κ1) is 10.4. The van der Waals surface area contributed by atoms with Crippen LogP contribution < -0.4 is 5.32 Å². The molecule has 1 unspecified atom stereocenters. The van der Waals surface area contributed by atoms with Crippen LogP contribution >= 0.6 is 0 Å². The Kier molecular flexibility index (Phi) is 4.26. The minimum absolute atomic E-state index is 0.855. The molecule has 0 bridgehead atoms. The Morgan fingerprint density at radius 2 is 1.93 bits per heavy atom. The first-order valence-electron chi connectivity index (χ1n) is 6.41. The molecular formula is C12H24N2. The Morgan fingerprint density at radius 1 is 1.07 bits per heavy atom. The zero-order valence-corrected chi connectivity index (χ0v) is 9.30. The first-order valence-corrected chi connectivity index (χ1v) is 6.41. The molecule has 2 heterocycles. The van der Waals surface area contributed by atoms with Gasteiger partial charge in [0.25, 0.3) is 0 Å². The lowest BCUT2D eigenvalue weighted by molar-refractivity contribution is 0.325. The minimum atomic E-state index is 0.855. The van der Waals surface area contributed by atoms with Crippen LogP contribution in [-0.4, -0.2) is 37.1 Å². The summed E-state index contributed by atoms with van der Waals surface area (Å²) < 4.78 is 0. The fraction of sp³-hybridized carbons (Fsp3) is 1.00. The van der Waals surface area contributed by atoms with Gasteiger partial charge in [0.1, 0.15) is 0 Å². The Labute approximate surface area is 88.1 Å². The molecule has 2 nitrogen and oxygen atoms in total. The highest BCUT2D eigenvalue weighted by atomic mass is 15.1. The van der Waals surface area contributed by atoms with Gasteiger partial charge in [-0.15, -0.1) is 0 Å². The highest BCUT2D eigenvalue weighted by molar-refractivity contribution is 4.74. The summed E-state index contributed by atoms with van der Waals surface area (Å²) in [5.74, 6) is 0. The van der Waals surface area contributed by atoms with Crippen molar-refractivity contribution in [3.05, 3.63) is 0 Å². The van der Waals surface area contributed by atoms with Gasteiger partial charge in [0.05, 0.1) is 0 Å². The van der Waals surface area contributed by atoms with Gasteiger partial charge in [0.15, 0.2) is 0 Å². The molecule has 2 saturated heterocycles. The van der Waals surface area contributed by atoms with E-state index in [1.165, 1.54) is 71.1 Å². The SMILES string of the molecule is C(CCN1CCCC1)CC1CCCN1. The zero-order valence-electron chi connectivity index (χ0n) is 9.30. The third-order valence-corrected chi connectivity index (χ3v) is 3.64. The van der Waals surface area contributed by atoms with Crippen molar-refractivity contribution in [1.82, 2.24) is 10.2 Å². The summed E-state index contributed by atoms with van der Waals surface area (Å²) in [6, 6.07) is 0.855. The highest BCUT2D eigenvalue weighted by Crippen LogP contribution is 2.13. The molecule has 0 saturated carbocycles. The molecule has 1 atom stereocenters. The molecule has 0 spiro atoms. The van der Waals surface area contributed by atoms with Gasteiger partial charge in [-0.05, 0) is 64.7 Å². The van der Waals surface area contributed by atoms with E-state index in [1.807, 2.05) is 0 Å². The van der Waals surface area contributed by atoms with Crippen molar-refractivity contribution in [3.8, 4) is 0 Å². The summed E-state index contributed by atoms with van der Waals surface area (Å²) in [5, 5.41) is 3.57. The van der Waals surface area contributed by atoms with E-state index >= 15 is 0 Å². The number of hydrogen-bond acceptors (Lipinski definition) is 2. The van der Waals surface area contributed by atoms with Gasteiger partial charge in [0.2, 0.25) is 0 Å². The lowest BCUT2D eigenvalue weighted by Gasteiger charge is -2.15. The van der Waals surface area contributed by atoms with Crippen LogP contribution in [0.5, 0.6) is 0 Å². The third kappa shape index (κ3) is 3.25. The molecular weight excluding hydrogens is 172 g/mol. The fourth-order valence-electron chi connectivity index (χ4n) is 2.74. The topological polar surface area (TPSA) is 15.3 Å².